The molecule has 0 bridgehead atoms. The first-order valence-electron chi connectivity index (χ1n) is 6.73. The molecule has 0 fully saturated rings. The van der Waals surface area contributed by atoms with Gasteiger partial charge in [-0.2, -0.15) is 4.57 Å². The maximum absolute atomic E-state index is 13.6. The summed E-state index contributed by atoms with van der Waals surface area (Å²) in [5.74, 6) is -0.822. The third kappa shape index (κ3) is 4.02. The lowest BCUT2D eigenvalue weighted by molar-refractivity contribution is -0.690. The Kier molecular flexibility index (Phi) is 4.91. The van der Waals surface area contributed by atoms with Crippen molar-refractivity contribution in [3.05, 3.63) is 58.6 Å². The Morgan fingerprint density at radius 3 is 2.76 bits per heavy atom. The normalized spacial score (nSPS) is 10.5. The summed E-state index contributed by atoms with van der Waals surface area (Å²) in [4.78, 5) is 12.0. The van der Waals surface area contributed by atoms with Crippen LogP contribution in [0.2, 0.25) is 5.02 Å². The van der Waals surface area contributed by atoms with Gasteiger partial charge in [0.2, 0.25) is 6.54 Å². The number of carbonyl (C=O) groups excluding carboxylic acids is 1. The second-order valence-corrected chi connectivity index (χ2v) is 5.27. The van der Waals surface area contributed by atoms with Gasteiger partial charge in [0.15, 0.2) is 11.9 Å². The van der Waals surface area contributed by atoms with Crippen LogP contribution in [0.5, 0.6) is 0 Å². The molecule has 21 heavy (non-hydrogen) atoms. The molecule has 1 N–H and O–H groups in total. The first kappa shape index (κ1) is 15.4. The minimum Gasteiger partial charge on any atom is -0.318 e. The lowest BCUT2D eigenvalue weighted by Gasteiger charge is -2.06. The van der Waals surface area contributed by atoms with Crippen LogP contribution in [-0.4, -0.2) is 5.91 Å². The highest BCUT2D eigenvalue weighted by molar-refractivity contribution is 6.30. The number of halogens is 2. The van der Waals surface area contributed by atoms with Gasteiger partial charge in [0.25, 0.3) is 5.91 Å². The van der Waals surface area contributed by atoms with Crippen LogP contribution in [0.25, 0.3) is 0 Å². The number of pyridine rings is 1. The van der Waals surface area contributed by atoms with Crippen LogP contribution >= 0.6 is 11.6 Å². The number of benzene rings is 1. The number of rotatable bonds is 4. The average molecular weight is 308 g/mol. The molecule has 0 aliphatic rings. The Balaban J connectivity index is 2.11. The molecule has 110 valence electrons. The zero-order valence-corrected chi connectivity index (χ0v) is 12.7. The number of aryl methyl sites for hydroxylation is 2. The Morgan fingerprint density at radius 2 is 2.10 bits per heavy atom. The van der Waals surface area contributed by atoms with Gasteiger partial charge in [-0.3, -0.25) is 4.79 Å². The fourth-order valence-electron chi connectivity index (χ4n) is 1.98. The zero-order valence-electron chi connectivity index (χ0n) is 12.0. The molecule has 0 aliphatic carbocycles. The van der Waals surface area contributed by atoms with E-state index in [-0.39, 0.29) is 18.1 Å². The summed E-state index contributed by atoms with van der Waals surface area (Å²) in [6.07, 6.45) is 2.83. The van der Waals surface area contributed by atoms with Gasteiger partial charge in [0.05, 0.1) is 5.69 Å². The minimum atomic E-state index is -0.542. The molecule has 0 radical (unpaired) electrons. The maximum atomic E-state index is 13.6. The number of amides is 1. The van der Waals surface area contributed by atoms with E-state index in [4.69, 9.17) is 11.6 Å². The molecule has 0 aliphatic heterocycles. The van der Waals surface area contributed by atoms with E-state index in [9.17, 15) is 9.18 Å². The van der Waals surface area contributed by atoms with Gasteiger partial charge in [-0.1, -0.05) is 18.5 Å². The molecule has 2 aromatic rings. The summed E-state index contributed by atoms with van der Waals surface area (Å²) >= 11 is 5.68. The lowest BCUT2D eigenvalue weighted by Crippen LogP contribution is -2.43. The number of hydrogen-bond donors (Lipinski definition) is 1. The van der Waals surface area contributed by atoms with Crippen LogP contribution in [0, 0.1) is 12.7 Å². The molecule has 0 saturated carbocycles. The molecular weight excluding hydrogens is 291 g/mol. The monoisotopic (exact) mass is 307 g/mol. The third-order valence-electron chi connectivity index (χ3n) is 3.24. The van der Waals surface area contributed by atoms with Crippen LogP contribution in [0.1, 0.15) is 18.2 Å². The smallest absolute Gasteiger partial charge is 0.290 e. The summed E-state index contributed by atoms with van der Waals surface area (Å²) in [7, 11) is 0. The highest BCUT2D eigenvalue weighted by Gasteiger charge is 2.15. The van der Waals surface area contributed by atoms with Crippen molar-refractivity contribution in [3.8, 4) is 0 Å². The van der Waals surface area contributed by atoms with Gasteiger partial charge < -0.3 is 5.32 Å². The standard InChI is InChI=1S/C16H16ClFN2O/c1-3-12-5-4-11(2)20(9-12)10-16(21)19-15-7-6-13(17)8-14(15)18/h4-9H,3,10H2,1-2H3/p+1. The molecule has 0 unspecified atom stereocenters. The molecule has 0 saturated heterocycles. The molecule has 0 spiro atoms. The third-order valence-corrected chi connectivity index (χ3v) is 3.48. The molecule has 2 rings (SSSR count). The largest absolute Gasteiger partial charge is 0.318 e. The van der Waals surface area contributed by atoms with Crippen LogP contribution in [0.15, 0.2) is 36.5 Å². The van der Waals surface area contributed by atoms with Gasteiger partial charge >= 0.3 is 0 Å². The highest BCUT2D eigenvalue weighted by atomic mass is 35.5. The molecule has 1 heterocycles. The Hall–Kier alpha value is -1.94. The summed E-state index contributed by atoms with van der Waals surface area (Å²) < 4.78 is 15.5. The number of hydrogen-bond acceptors (Lipinski definition) is 1. The Bertz CT molecular complexity index is 673. The van der Waals surface area contributed by atoms with Gasteiger partial charge in [0, 0.05) is 23.6 Å². The first-order valence-corrected chi connectivity index (χ1v) is 7.11. The van der Waals surface area contributed by atoms with Crippen molar-refractivity contribution in [2.24, 2.45) is 0 Å². The summed E-state index contributed by atoms with van der Waals surface area (Å²) in [6, 6.07) is 8.16. The quantitative estimate of drug-likeness (QED) is 0.864. The summed E-state index contributed by atoms with van der Waals surface area (Å²) in [6.45, 7) is 4.12. The molecular formula is C16H17ClFN2O+. The van der Waals surface area contributed by atoms with Crippen molar-refractivity contribution in [1.82, 2.24) is 0 Å². The van der Waals surface area contributed by atoms with E-state index < -0.39 is 5.82 Å². The second kappa shape index (κ2) is 6.68. The van der Waals surface area contributed by atoms with Crippen LogP contribution in [0.4, 0.5) is 10.1 Å². The molecule has 1 aromatic carbocycles. The van der Waals surface area contributed by atoms with Gasteiger partial charge in [-0.05, 0) is 30.7 Å². The number of anilines is 1. The van der Waals surface area contributed by atoms with Gasteiger partial charge in [0.1, 0.15) is 5.82 Å². The lowest BCUT2D eigenvalue weighted by atomic mass is 10.2. The van der Waals surface area contributed by atoms with Crippen molar-refractivity contribution in [2.45, 2.75) is 26.8 Å². The maximum Gasteiger partial charge on any atom is 0.290 e. The number of carbonyl (C=O) groups is 1. The van der Waals surface area contributed by atoms with Crippen LogP contribution in [0.3, 0.4) is 0 Å². The predicted molar refractivity (Wildman–Crippen MR) is 80.8 cm³/mol. The van der Waals surface area contributed by atoms with Gasteiger partial charge in [-0.15, -0.1) is 0 Å². The van der Waals surface area contributed by atoms with E-state index in [1.807, 2.05) is 29.8 Å². The first-order chi connectivity index (χ1) is 9.99. The minimum absolute atomic E-state index is 0.134. The fourth-order valence-corrected chi connectivity index (χ4v) is 2.14. The average Bonchev–Trinajstić information content (AvgIpc) is 2.44. The van der Waals surface area contributed by atoms with E-state index in [2.05, 4.69) is 12.2 Å². The van der Waals surface area contributed by atoms with E-state index >= 15 is 0 Å². The molecule has 1 amide bonds. The summed E-state index contributed by atoms with van der Waals surface area (Å²) in [5, 5.41) is 2.85. The molecule has 0 atom stereocenters. The van der Waals surface area contributed by atoms with E-state index in [0.717, 1.165) is 17.7 Å². The number of nitrogens with zero attached hydrogens (tertiary/aromatic N) is 1. The highest BCUT2D eigenvalue weighted by Crippen LogP contribution is 2.18. The van der Waals surface area contributed by atoms with Gasteiger partial charge in [-0.25, -0.2) is 4.39 Å². The Labute approximate surface area is 128 Å². The van der Waals surface area contributed by atoms with Crippen molar-refractivity contribution in [3.63, 3.8) is 0 Å². The van der Waals surface area contributed by atoms with E-state index in [1.165, 1.54) is 18.2 Å². The van der Waals surface area contributed by atoms with Crippen molar-refractivity contribution >= 4 is 23.2 Å². The van der Waals surface area contributed by atoms with Crippen molar-refractivity contribution in [1.29, 1.82) is 0 Å². The number of aromatic nitrogens is 1. The van der Waals surface area contributed by atoms with E-state index in [1.54, 1.807) is 0 Å². The summed E-state index contributed by atoms with van der Waals surface area (Å²) in [5.41, 5.74) is 2.25. The molecule has 5 heteroatoms. The van der Waals surface area contributed by atoms with Crippen LogP contribution < -0.4 is 9.88 Å². The Morgan fingerprint density at radius 1 is 1.33 bits per heavy atom. The molecule has 1 aromatic heterocycles. The molecule has 3 nitrogen and oxygen atoms in total. The SMILES string of the molecule is CCc1ccc(C)[n+](CC(=O)Nc2ccc(Cl)cc2F)c1. The van der Waals surface area contributed by atoms with Crippen molar-refractivity contribution in [2.75, 3.05) is 5.32 Å². The van der Waals surface area contributed by atoms with E-state index in [0.29, 0.717) is 5.02 Å². The number of nitrogens with one attached hydrogen (secondary N) is 1. The fraction of sp³-hybridized carbons (Fsp3) is 0.250. The zero-order chi connectivity index (χ0) is 15.4. The van der Waals surface area contributed by atoms with Crippen molar-refractivity contribution < 1.29 is 13.8 Å². The van der Waals surface area contributed by atoms with Crippen LogP contribution in [-0.2, 0) is 17.8 Å². The topological polar surface area (TPSA) is 33.0 Å². The second-order valence-electron chi connectivity index (χ2n) is 4.83. The predicted octanol–water partition coefficient (Wildman–Crippen LogP) is 3.28.